The summed E-state index contributed by atoms with van der Waals surface area (Å²) in [6, 6.07) is 8.29. The molecule has 22 heavy (non-hydrogen) atoms. The summed E-state index contributed by atoms with van der Waals surface area (Å²) in [6.45, 7) is 3.24. The number of piperidine rings is 1. The van der Waals surface area contributed by atoms with Crippen LogP contribution in [0.15, 0.2) is 24.3 Å². The van der Waals surface area contributed by atoms with E-state index in [-0.39, 0.29) is 5.97 Å². The molecule has 1 aliphatic heterocycles. The van der Waals surface area contributed by atoms with Crippen LogP contribution in [0, 0.1) is 5.92 Å². The molecule has 1 fully saturated rings. The molecule has 0 aliphatic carbocycles. The molecule has 4 heteroatoms. The lowest BCUT2D eigenvalue weighted by molar-refractivity contribution is -0.140. The Bertz CT molecular complexity index is 475. The molecule has 1 atom stereocenters. The molecule has 0 amide bonds. The highest BCUT2D eigenvalue weighted by molar-refractivity contribution is 5.69. The van der Waals surface area contributed by atoms with Crippen molar-refractivity contribution in [2.24, 2.45) is 5.92 Å². The molecule has 0 N–H and O–H groups in total. The average Bonchev–Trinajstić information content (AvgIpc) is 2.55. The highest BCUT2D eigenvalue weighted by Crippen LogP contribution is 2.26. The number of benzene rings is 1. The van der Waals surface area contributed by atoms with Crippen molar-refractivity contribution in [1.29, 1.82) is 0 Å². The summed E-state index contributed by atoms with van der Waals surface area (Å²) in [4.78, 5) is 13.7. The van der Waals surface area contributed by atoms with E-state index >= 15 is 0 Å². The van der Waals surface area contributed by atoms with Gasteiger partial charge in [-0.15, -0.1) is 0 Å². The van der Waals surface area contributed by atoms with E-state index in [4.69, 9.17) is 9.47 Å². The number of hydrogen-bond donors (Lipinski definition) is 0. The zero-order chi connectivity index (χ0) is 15.8. The second kappa shape index (κ2) is 8.79. The fourth-order valence-electron chi connectivity index (χ4n) is 3.25. The van der Waals surface area contributed by atoms with Crippen LogP contribution in [0.4, 0.5) is 0 Å². The van der Waals surface area contributed by atoms with Gasteiger partial charge in [-0.1, -0.05) is 18.2 Å². The van der Waals surface area contributed by atoms with Crippen LogP contribution in [0.3, 0.4) is 0 Å². The van der Waals surface area contributed by atoms with Gasteiger partial charge >= 0.3 is 5.97 Å². The lowest BCUT2D eigenvalue weighted by Gasteiger charge is -2.33. The van der Waals surface area contributed by atoms with Crippen LogP contribution in [0.5, 0.6) is 5.75 Å². The van der Waals surface area contributed by atoms with Gasteiger partial charge in [-0.05, 0) is 56.3 Å². The predicted molar refractivity (Wildman–Crippen MR) is 87.1 cm³/mol. The predicted octanol–water partition coefficient (Wildman–Crippen LogP) is 2.90. The maximum Gasteiger partial charge on any atom is 0.305 e. The normalized spacial score (nSPS) is 18.9. The summed E-state index contributed by atoms with van der Waals surface area (Å²) >= 11 is 0. The third-order valence-electron chi connectivity index (χ3n) is 4.39. The lowest BCUT2D eigenvalue weighted by atomic mass is 9.91. The number of ether oxygens (including phenoxy) is 2. The molecule has 1 saturated heterocycles. The van der Waals surface area contributed by atoms with Crippen molar-refractivity contribution < 1.29 is 14.3 Å². The smallest absolute Gasteiger partial charge is 0.305 e. The summed E-state index contributed by atoms with van der Waals surface area (Å²) in [5.41, 5.74) is 1.30. The SMILES string of the molecule is COC(=O)CCCN1CCCC(Cc2ccccc2OC)C1. The molecular weight excluding hydrogens is 278 g/mol. The molecule has 0 bridgehead atoms. The molecule has 0 radical (unpaired) electrons. The van der Waals surface area contributed by atoms with Crippen molar-refractivity contribution in [3.8, 4) is 5.75 Å². The van der Waals surface area contributed by atoms with E-state index in [0.29, 0.717) is 12.3 Å². The average molecular weight is 305 g/mol. The Morgan fingerprint density at radius 1 is 1.32 bits per heavy atom. The van der Waals surface area contributed by atoms with E-state index in [0.717, 1.165) is 38.2 Å². The van der Waals surface area contributed by atoms with Crippen LogP contribution >= 0.6 is 0 Å². The monoisotopic (exact) mass is 305 g/mol. The molecule has 4 nitrogen and oxygen atoms in total. The molecule has 1 unspecified atom stereocenters. The number of methoxy groups -OCH3 is 2. The van der Waals surface area contributed by atoms with Crippen molar-refractivity contribution in [1.82, 2.24) is 4.90 Å². The van der Waals surface area contributed by atoms with E-state index in [1.807, 2.05) is 12.1 Å². The number of esters is 1. The van der Waals surface area contributed by atoms with Crippen LogP contribution in [-0.2, 0) is 16.0 Å². The Labute approximate surface area is 133 Å². The maximum absolute atomic E-state index is 11.2. The molecule has 0 spiro atoms. The van der Waals surface area contributed by atoms with Gasteiger partial charge in [0.2, 0.25) is 0 Å². The Morgan fingerprint density at radius 3 is 2.91 bits per heavy atom. The molecule has 1 aliphatic rings. The Kier molecular flexibility index (Phi) is 6.72. The van der Waals surface area contributed by atoms with Gasteiger partial charge in [-0.25, -0.2) is 0 Å². The fourth-order valence-corrected chi connectivity index (χ4v) is 3.25. The van der Waals surface area contributed by atoms with Crippen LogP contribution in [-0.4, -0.2) is 44.7 Å². The Morgan fingerprint density at radius 2 is 2.14 bits per heavy atom. The zero-order valence-corrected chi connectivity index (χ0v) is 13.7. The van der Waals surface area contributed by atoms with Gasteiger partial charge in [0.15, 0.2) is 0 Å². The molecule has 1 heterocycles. The van der Waals surface area contributed by atoms with Gasteiger partial charge < -0.3 is 14.4 Å². The number of hydrogen-bond acceptors (Lipinski definition) is 4. The second-order valence-corrected chi connectivity index (χ2v) is 6.00. The largest absolute Gasteiger partial charge is 0.496 e. The summed E-state index contributed by atoms with van der Waals surface area (Å²) in [5.74, 6) is 1.55. The lowest BCUT2D eigenvalue weighted by Crippen LogP contribution is -2.37. The van der Waals surface area contributed by atoms with Gasteiger partial charge in [-0.3, -0.25) is 4.79 Å². The summed E-state index contributed by atoms with van der Waals surface area (Å²) in [5, 5.41) is 0. The second-order valence-electron chi connectivity index (χ2n) is 6.00. The molecule has 0 aromatic heterocycles. The highest BCUT2D eigenvalue weighted by Gasteiger charge is 2.21. The van der Waals surface area contributed by atoms with Crippen LogP contribution in [0.2, 0.25) is 0 Å². The van der Waals surface area contributed by atoms with Crippen molar-refractivity contribution in [3.63, 3.8) is 0 Å². The van der Waals surface area contributed by atoms with Crippen molar-refractivity contribution in [2.45, 2.75) is 32.1 Å². The highest BCUT2D eigenvalue weighted by atomic mass is 16.5. The maximum atomic E-state index is 11.2. The molecule has 122 valence electrons. The quantitative estimate of drug-likeness (QED) is 0.726. The third kappa shape index (κ3) is 5.02. The van der Waals surface area contributed by atoms with E-state index < -0.39 is 0 Å². The van der Waals surface area contributed by atoms with E-state index in [2.05, 4.69) is 17.0 Å². The number of rotatable bonds is 7. The van der Waals surface area contributed by atoms with Gasteiger partial charge in [0, 0.05) is 13.0 Å². The number of carbonyl (C=O) groups is 1. The molecule has 2 rings (SSSR count). The van der Waals surface area contributed by atoms with Gasteiger partial charge in [-0.2, -0.15) is 0 Å². The van der Waals surface area contributed by atoms with Gasteiger partial charge in [0.05, 0.1) is 14.2 Å². The molecule has 1 aromatic carbocycles. The Hall–Kier alpha value is -1.55. The number of carbonyl (C=O) groups excluding carboxylic acids is 1. The van der Waals surface area contributed by atoms with E-state index in [1.165, 1.54) is 25.5 Å². The van der Waals surface area contributed by atoms with Gasteiger partial charge in [0.25, 0.3) is 0 Å². The molecular formula is C18H27NO3. The summed E-state index contributed by atoms with van der Waals surface area (Å²) in [6.07, 6.45) is 4.97. The number of para-hydroxylation sites is 1. The molecule has 1 aromatic rings. The first-order chi connectivity index (χ1) is 10.7. The first kappa shape index (κ1) is 16.8. The minimum Gasteiger partial charge on any atom is -0.496 e. The first-order valence-corrected chi connectivity index (χ1v) is 8.14. The van der Waals surface area contributed by atoms with Gasteiger partial charge in [0.1, 0.15) is 5.75 Å². The minimum absolute atomic E-state index is 0.109. The number of nitrogens with zero attached hydrogens (tertiary/aromatic N) is 1. The van der Waals surface area contributed by atoms with Crippen LogP contribution in [0.1, 0.15) is 31.2 Å². The Balaban J connectivity index is 1.81. The zero-order valence-electron chi connectivity index (χ0n) is 13.7. The summed E-state index contributed by atoms with van der Waals surface area (Å²) < 4.78 is 10.1. The van der Waals surface area contributed by atoms with Crippen LogP contribution < -0.4 is 4.74 Å². The van der Waals surface area contributed by atoms with Crippen molar-refractivity contribution in [3.05, 3.63) is 29.8 Å². The molecule has 0 saturated carbocycles. The number of likely N-dealkylation sites (tertiary alicyclic amines) is 1. The van der Waals surface area contributed by atoms with Crippen molar-refractivity contribution in [2.75, 3.05) is 33.9 Å². The van der Waals surface area contributed by atoms with Crippen molar-refractivity contribution >= 4 is 5.97 Å². The van der Waals surface area contributed by atoms with E-state index in [9.17, 15) is 4.79 Å². The minimum atomic E-state index is -0.109. The topological polar surface area (TPSA) is 38.8 Å². The van der Waals surface area contributed by atoms with Crippen LogP contribution in [0.25, 0.3) is 0 Å². The van der Waals surface area contributed by atoms with E-state index in [1.54, 1.807) is 7.11 Å². The fraction of sp³-hybridized carbons (Fsp3) is 0.611. The summed E-state index contributed by atoms with van der Waals surface area (Å²) in [7, 11) is 3.19. The first-order valence-electron chi connectivity index (χ1n) is 8.14. The third-order valence-corrected chi connectivity index (χ3v) is 4.39. The standard InChI is InChI=1S/C18H27NO3/c1-21-17-9-4-3-8-16(17)13-15-7-5-11-19(14-15)12-6-10-18(20)22-2/h3-4,8-9,15H,5-7,10-14H2,1-2H3.